The summed E-state index contributed by atoms with van der Waals surface area (Å²) >= 11 is 0. The maximum atomic E-state index is 14.4. The lowest BCUT2D eigenvalue weighted by Gasteiger charge is -2.45. The number of carboxylic acid groups (broad SMARTS) is 1. The highest BCUT2D eigenvalue weighted by Gasteiger charge is 2.54. The van der Waals surface area contributed by atoms with E-state index in [1.165, 1.54) is 7.05 Å². The summed E-state index contributed by atoms with van der Waals surface area (Å²) in [6, 6.07) is -1.10. The molecule has 1 fully saturated rings. The molecule has 0 aromatic rings. The van der Waals surface area contributed by atoms with Crippen LogP contribution in [-0.4, -0.2) is 64.5 Å². The van der Waals surface area contributed by atoms with Crippen molar-refractivity contribution in [1.82, 2.24) is 9.80 Å². The van der Waals surface area contributed by atoms with E-state index in [9.17, 15) is 18.8 Å². The van der Waals surface area contributed by atoms with E-state index >= 15 is 0 Å². The molecule has 0 aromatic heterocycles. The number of carbonyl (C=O) groups excluding carboxylic acids is 2. The Morgan fingerprint density at radius 2 is 1.90 bits per heavy atom. The molecule has 1 N–H and O–H groups in total. The number of carbonyl (C=O) groups is 3. The van der Waals surface area contributed by atoms with Crippen molar-refractivity contribution in [2.45, 2.75) is 25.6 Å². The first-order chi connectivity index (χ1) is 9.14. The van der Waals surface area contributed by atoms with E-state index in [0.717, 1.165) is 15.9 Å². The average molecular weight is 286 g/mol. The normalized spacial score (nSPS) is 18.1. The fraction of sp³-hybridized carbons (Fsp3) is 0.615. The van der Waals surface area contributed by atoms with Crippen molar-refractivity contribution in [3.63, 3.8) is 0 Å². The van der Waals surface area contributed by atoms with Gasteiger partial charge in [0.25, 0.3) is 5.91 Å². The van der Waals surface area contributed by atoms with Gasteiger partial charge < -0.3 is 14.9 Å². The predicted molar refractivity (Wildman–Crippen MR) is 69.6 cm³/mol. The van der Waals surface area contributed by atoms with E-state index in [4.69, 9.17) is 5.11 Å². The number of alkyl halides is 1. The molecule has 1 heterocycles. The van der Waals surface area contributed by atoms with Gasteiger partial charge in [0.1, 0.15) is 6.04 Å². The number of nitrogens with zero attached hydrogens (tertiary/aromatic N) is 2. The second kappa shape index (κ2) is 5.60. The second-order valence-electron chi connectivity index (χ2n) is 5.31. The molecule has 0 bridgehead atoms. The number of halogens is 1. The van der Waals surface area contributed by atoms with Gasteiger partial charge in [0.15, 0.2) is 0 Å². The lowest BCUT2D eigenvalue weighted by molar-refractivity contribution is -0.167. The lowest BCUT2D eigenvalue weighted by Crippen LogP contribution is -2.68. The maximum Gasteiger partial charge on any atom is 0.326 e. The molecule has 20 heavy (non-hydrogen) atoms. The van der Waals surface area contributed by atoms with Crippen molar-refractivity contribution in [2.75, 3.05) is 20.1 Å². The number of hydrogen-bond donors (Lipinski definition) is 1. The van der Waals surface area contributed by atoms with Gasteiger partial charge in [0.05, 0.1) is 13.1 Å². The fourth-order valence-corrected chi connectivity index (χ4v) is 2.32. The largest absolute Gasteiger partial charge is 0.480 e. The second-order valence-corrected chi connectivity index (χ2v) is 5.31. The molecular weight excluding hydrogens is 267 g/mol. The molecule has 1 atom stereocenters. The highest BCUT2D eigenvalue weighted by Crippen LogP contribution is 2.29. The Kier molecular flexibility index (Phi) is 4.52. The summed E-state index contributed by atoms with van der Waals surface area (Å²) in [5.74, 6) is -2.90. The molecular formula is C13H19FN2O4. The van der Waals surface area contributed by atoms with Crippen LogP contribution < -0.4 is 0 Å². The Labute approximate surface area is 116 Å². The van der Waals surface area contributed by atoms with E-state index in [0.29, 0.717) is 0 Å². The van der Waals surface area contributed by atoms with E-state index in [1.54, 1.807) is 13.8 Å². The van der Waals surface area contributed by atoms with Crippen molar-refractivity contribution < 1.29 is 23.9 Å². The average Bonchev–Trinajstić information content (AvgIpc) is 2.31. The molecule has 1 aliphatic rings. The van der Waals surface area contributed by atoms with Crippen LogP contribution in [0.5, 0.6) is 0 Å². The number of hydrogen-bond acceptors (Lipinski definition) is 3. The van der Waals surface area contributed by atoms with Crippen LogP contribution in [0.15, 0.2) is 12.7 Å². The summed E-state index contributed by atoms with van der Waals surface area (Å²) in [6.07, 6.45) is 1.04. The van der Waals surface area contributed by atoms with Crippen LogP contribution in [0.25, 0.3) is 0 Å². The first-order valence-electron chi connectivity index (χ1n) is 6.24. The van der Waals surface area contributed by atoms with Gasteiger partial charge in [0.2, 0.25) is 11.6 Å². The van der Waals surface area contributed by atoms with Crippen molar-refractivity contribution >= 4 is 17.8 Å². The Morgan fingerprint density at radius 1 is 1.40 bits per heavy atom. The van der Waals surface area contributed by atoms with Gasteiger partial charge in [-0.15, -0.1) is 0 Å². The van der Waals surface area contributed by atoms with E-state index in [1.807, 2.05) is 0 Å². The summed E-state index contributed by atoms with van der Waals surface area (Å²) in [5, 5.41) is 9.10. The van der Waals surface area contributed by atoms with Crippen molar-refractivity contribution in [2.24, 2.45) is 5.92 Å². The number of likely N-dealkylation sites (N-methyl/N-ethyl adjacent to an activating group) is 1. The molecule has 7 heteroatoms. The molecule has 1 aliphatic heterocycles. The third kappa shape index (κ3) is 2.81. The zero-order valence-corrected chi connectivity index (χ0v) is 11.8. The van der Waals surface area contributed by atoms with Crippen molar-refractivity contribution in [1.29, 1.82) is 0 Å². The molecule has 0 aromatic carbocycles. The highest BCUT2D eigenvalue weighted by atomic mass is 19.1. The Hall–Kier alpha value is -1.92. The molecule has 6 nitrogen and oxygen atoms in total. The van der Waals surface area contributed by atoms with Crippen LogP contribution in [0.1, 0.15) is 13.8 Å². The highest BCUT2D eigenvalue weighted by molar-refractivity contribution is 5.94. The number of likely N-dealkylation sites (tertiary alicyclic amines) is 1. The zero-order valence-electron chi connectivity index (χ0n) is 11.8. The third-order valence-electron chi connectivity index (χ3n) is 3.37. The molecule has 0 spiro atoms. The minimum Gasteiger partial charge on any atom is -0.480 e. The first kappa shape index (κ1) is 16.1. The van der Waals surface area contributed by atoms with E-state index in [2.05, 4.69) is 6.58 Å². The quantitative estimate of drug-likeness (QED) is 0.737. The number of rotatable bonds is 5. The number of aliphatic carboxylic acids is 1. The van der Waals surface area contributed by atoms with Gasteiger partial charge in [-0.2, -0.15) is 0 Å². The van der Waals surface area contributed by atoms with Crippen molar-refractivity contribution in [3.05, 3.63) is 12.7 Å². The van der Waals surface area contributed by atoms with Gasteiger partial charge in [-0.1, -0.05) is 20.4 Å². The monoisotopic (exact) mass is 286 g/mol. The van der Waals surface area contributed by atoms with E-state index < -0.39 is 29.5 Å². The van der Waals surface area contributed by atoms with Gasteiger partial charge in [-0.3, -0.25) is 9.59 Å². The summed E-state index contributed by atoms with van der Waals surface area (Å²) < 4.78 is 14.4. The minimum atomic E-state index is -2.21. The summed E-state index contributed by atoms with van der Waals surface area (Å²) in [7, 11) is 1.26. The molecule has 0 aliphatic carbocycles. The van der Waals surface area contributed by atoms with Crippen LogP contribution in [0.4, 0.5) is 4.39 Å². The molecule has 1 unspecified atom stereocenters. The van der Waals surface area contributed by atoms with Crippen LogP contribution in [0.2, 0.25) is 0 Å². The summed E-state index contributed by atoms with van der Waals surface area (Å²) in [4.78, 5) is 36.5. The van der Waals surface area contributed by atoms with Gasteiger partial charge in [-0.05, 0) is 12.0 Å². The number of amides is 2. The van der Waals surface area contributed by atoms with Gasteiger partial charge in [-0.25, -0.2) is 9.18 Å². The number of carboxylic acids is 1. The molecule has 2 amide bonds. The van der Waals surface area contributed by atoms with Crippen LogP contribution in [0, 0.1) is 5.92 Å². The maximum absolute atomic E-state index is 14.4. The van der Waals surface area contributed by atoms with Crippen LogP contribution in [-0.2, 0) is 14.4 Å². The topological polar surface area (TPSA) is 77.9 Å². The summed E-state index contributed by atoms with van der Waals surface area (Å²) in [6.45, 7) is 5.82. The third-order valence-corrected chi connectivity index (χ3v) is 3.37. The first-order valence-corrected chi connectivity index (χ1v) is 6.24. The smallest absolute Gasteiger partial charge is 0.326 e. The van der Waals surface area contributed by atoms with Crippen molar-refractivity contribution in [3.8, 4) is 0 Å². The SMILES string of the molecule is C=CC(=O)N1CC(F)(C(=O)N(C)C(C(=O)O)C(C)C)C1. The van der Waals surface area contributed by atoms with Crippen LogP contribution in [0.3, 0.4) is 0 Å². The molecule has 0 radical (unpaired) electrons. The summed E-state index contributed by atoms with van der Waals surface area (Å²) in [5.41, 5.74) is -2.21. The minimum absolute atomic E-state index is 0.351. The van der Waals surface area contributed by atoms with Crippen LogP contribution >= 0.6 is 0 Å². The van der Waals surface area contributed by atoms with Gasteiger partial charge >= 0.3 is 5.97 Å². The molecule has 112 valence electrons. The Morgan fingerprint density at radius 3 is 2.25 bits per heavy atom. The van der Waals surface area contributed by atoms with Gasteiger partial charge in [0, 0.05) is 7.05 Å². The fourth-order valence-electron chi connectivity index (χ4n) is 2.32. The zero-order chi connectivity index (χ0) is 15.7. The van der Waals surface area contributed by atoms with E-state index in [-0.39, 0.29) is 19.0 Å². The Bertz CT molecular complexity index is 444. The Balaban J connectivity index is 2.78. The molecule has 1 saturated heterocycles. The lowest BCUT2D eigenvalue weighted by atomic mass is 9.92. The predicted octanol–water partition coefficient (Wildman–Crippen LogP) is 0.290. The standard InChI is InChI=1S/C13H19FN2O4/c1-5-9(17)16-6-13(14,7-16)12(20)15(4)10(8(2)3)11(18)19/h5,8,10H,1,6-7H2,2-4H3,(H,18,19). The molecule has 1 rings (SSSR count). The molecule has 0 saturated carbocycles.